The number of aryl methyl sites for hydroxylation is 1. The molecule has 6 heteroatoms. The average Bonchev–Trinajstić information content (AvgIpc) is 2.53. The monoisotopic (exact) mass is 368 g/mol. The van der Waals surface area contributed by atoms with Crippen LogP contribution in [-0.4, -0.2) is 0 Å². The van der Waals surface area contributed by atoms with Crippen molar-refractivity contribution in [3.8, 4) is 11.1 Å². The maximum absolute atomic E-state index is 14.4. The molecule has 0 aliphatic heterocycles. The molecule has 0 fully saturated rings. The van der Waals surface area contributed by atoms with Crippen molar-refractivity contribution >= 4 is 10.8 Å². The van der Waals surface area contributed by atoms with Gasteiger partial charge in [0, 0.05) is 0 Å². The molecule has 0 aromatic heterocycles. The van der Waals surface area contributed by atoms with Crippen LogP contribution >= 0.6 is 0 Å². The maximum Gasteiger partial charge on any atom is 0.422 e. The Labute approximate surface area is 146 Å². The van der Waals surface area contributed by atoms with Crippen LogP contribution in [0, 0.1) is 17.5 Å². The lowest BCUT2D eigenvalue weighted by molar-refractivity contribution is -0.142. The topological polar surface area (TPSA) is 0 Å². The molecule has 0 saturated heterocycles. The Morgan fingerprint density at radius 1 is 0.808 bits per heavy atom. The molecule has 0 amide bonds. The van der Waals surface area contributed by atoms with Gasteiger partial charge in [0.15, 0.2) is 0 Å². The fraction of sp³-hybridized carbons (Fsp3) is 0.200. The normalized spacial score (nSPS) is 12.0. The van der Waals surface area contributed by atoms with Gasteiger partial charge in [-0.3, -0.25) is 0 Å². The highest BCUT2D eigenvalue weighted by atomic mass is 19.4. The Morgan fingerprint density at radius 3 is 2.04 bits per heavy atom. The lowest BCUT2D eigenvalue weighted by atomic mass is 9.97. The molecule has 0 atom stereocenters. The summed E-state index contributed by atoms with van der Waals surface area (Å²) in [6.07, 6.45) is -3.41. The quantitative estimate of drug-likeness (QED) is 0.441. The Hall–Kier alpha value is -2.50. The standard InChI is InChI=1S/C20H14F6/c1-2-3-11-4-6-12(7-5-11)13-8-14-10-16(22)18(20(24,25)26)19(23)17(14)15(21)9-13/h4-10H,2-3H2,1H3. The second-order valence-corrected chi connectivity index (χ2v) is 6.05. The Balaban J connectivity index is 2.17. The summed E-state index contributed by atoms with van der Waals surface area (Å²) in [6.45, 7) is 2.03. The van der Waals surface area contributed by atoms with Gasteiger partial charge in [0.1, 0.15) is 23.0 Å². The van der Waals surface area contributed by atoms with Crippen LogP contribution in [0.1, 0.15) is 24.5 Å². The zero-order valence-electron chi connectivity index (χ0n) is 13.7. The average molecular weight is 368 g/mol. The first kappa shape index (κ1) is 18.3. The molecule has 26 heavy (non-hydrogen) atoms. The molecule has 0 aliphatic carbocycles. The van der Waals surface area contributed by atoms with Crippen molar-refractivity contribution in [2.45, 2.75) is 25.9 Å². The number of hydrogen-bond acceptors (Lipinski definition) is 0. The third-order valence-electron chi connectivity index (χ3n) is 4.19. The highest BCUT2D eigenvalue weighted by Crippen LogP contribution is 2.38. The summed E-state index contributed by atoms with van der Waals surface area (Å²) in [5.41, 5.74) is -0.0621. The zero-order chi connectivity index (χ0) is 19.1. The Bertz CT molecular complexity index is 955. The molecule has 3 aromatic rings. The van der Waals surface area contributed by atoms with Crippen LogP contribution in [0.5, 0.6) is 0 Å². The predicted molar refractivity (Wildman–Crippen MR) is 88.3 cm³/mol. The number of fused-ring (bicyclic) bond motifs is 1. The largest absolute Gasteiger partial charge is 0.422 e. The molecule has 0 radical (unpaired) electrons. The van der Waals surface area contributed by atoms with Crippen molar-refractivity contribution in [3.63, 3.8) is 0 Å². The summed E-state index contributed by atoms with van der Waals surface area (Å²) >= 11 is 0. The predicted octanol–water partition coefficient (Wildman–Crippen LogP) is 6.90. The first-order valence-electron chi connectivity index (χ1n) is 8.00. The third kappa shape index (κ3) is 3.28. The fourth-order valence-electron chi connectivity index (χ4n) is 2.99. The first-order valence-corrected chi connectivity index (χ1v) is 8.00. The molecular formula is C20H14F6. The summed E-state index contributed by atoms with van der Waals surface area (Å²) in [7, 11) is 0. The Morgan fingerprint density at radius 2 is 1.46 bits per heavy atom. The van der Waals surface area contributed by atoms with Gasteiger partial charge in [-0.1, -0.05) is 37.6 Å². The van der Waals surface area contributed by atoms with Crippen LogP contribution in [0.15, 0.2) is 42.5 Å². The summed E-state index contributed by atoms with van der Waals surface area (Å²) in [5, 5.41) is -1.13. The van der Waals surface area contributed by atoms with Crippen LogP contribution in [0.25, 0.3) is 21.9 Å². The van der Waals surface area contributed by atoms with Gasteiger partial charge in [0.25, 0.3) is 0 Å². The van der Waals surface area contributed by atoms with E-state index in [1.54, 1.807) is 12.1 Å². The van der Waals surface area contributed by atoms with Crippen LogP contribution in [0.4, 0.5) is 26.3 Å². The van der Waals surface area contributed by atoms with Crippen molar-refractivity contribution < 1.29 is 26.3 Å². The van der Waals surface area contributed by atoms with Crippen LogP contribution in [0.3, 0.4) is 0 Å². The van der Waals surface area contributed by atoms with Gasteiger partial charge in [-0.15, -0.1) is 0 Å². The SMILES string of the molecule is CCCc1ccc(-c2cc(F)c3c(F)c(C(F)(F)F)c(F)cc3c2)cc1. The van der Waals surface area contributed by atoms with E-state index in [1.165, 1.54) is 6.07 Å². The molecule has 0 unspecified atom stereocenters. The highest BCUT2D eigenvalue weighted by molar-refractivity contribution is 5.89. The summed E-state index contributed by atoms with van der Waals surface area (Å²) < 4.78 is 80.8. The molecular weight excluding hydrogens is 354 g/mol. The molecule has 0 nitrogen and oxygen atoms in total. The van der Waals surface area contributed by atoms with Crippen molar-refractivity contribution in [2.75, 3.05) is 0 Å². The van der Waals surface area contributed by atoms with Gasteiger partial charge in [-0.05, 0) is 46.7 Å². The number of hydrogen-bond donors (Lipinski definition) is 0. The number of benzene rings is 3. The van der Waals surface area contributed by atoms with E-state index < -0.39 is 34.6 Å². The van der Waals surface area contributed by atoms with Crippen molar-refractivity contribution in [1.82, 2.24) is 0 Å². The number of halogens is 6. The van der Waals surface area contributed by atoms with Crippen molar-refractivity contribution in [3.05, 3.63) is 71.0 Å². The summed E-state index contributed by atoms with van der Waals surface area (Å²) in [5.74, 6) is -4.87. The first-order chi connectivity index (χ1) is 12.2. The van der Waals surface area contributed by atoms with Crippen LogP contribution < -0.4 is 0 Å². The molecule has 0 heterocycles. The van der Waals surface area contributed by atoms with Gasteiger partial charge in [0.05, 0.1) is 5.39 Å². The van der Waals surface area contributed by atoms with E-state index in [1.807, 2.05) is 19.1 Å². The van der Waals surface area contributed by atoms with E-state index in [2.05, 4.69) is 0 Å². The molecule has 3 rings (SSSR count). The van der Waals surface area contributed by atoms with E-state index in [4.69, 9.17) is 0 Å². The Kier molecular flexibility index (Phi) is 4.69. The van der Waals surface area contributed by atoms with E-state index in [9.17, 15) is 26.3 Å². The molecule has 0 spiro atoms. The zero-order valence-corrected chi connectivity index (χ0v) is 13.7. The van der Waals surface area contributed by atoms with Gasteiger partial charge in [-0.25, -0.2) is 13.2 Å². The minimum atomic E-state index is -5.25. The van der Waals surface area contributed by atoms with Gasteiger partial charge in [0.2, 0.25) is 0 Å². The molecule has 0 N–H and O–H groups in total. The summed E-state index contributed by atoms with van der Waals surface area (Å²) in [4.78, 5) is 0. The van der Waals surface area contributed by atoms with Crippen molar-refractivity contribution in [1.29, 1.82) is 0 Å². The molecule has 136 valence electrons. The lowest BCUT2D eigenvalue weighted by Crippen LogP contribution is -2.12. The molecule has 0 aliphatic rings. The summed E-state index contributed by atoms with van der Waals surface area (Å²) in [6, 6.07) is 9.94. The third-order valence-corrected chi connectivity index (χ3v) is 4.19. The number of rotatable bonds is 3. The second kappa shape index (κ2) is 6.67. The van der Waals surface area contributed by atoms with E-state index in [0.29, 0.717) is 17.2 Å². The van der Waals surface area contributed by atoms with E-state index in [-0.39, 0.29) is 5.39 Å². The van der Waals surface area contributed by atoms with Gasteiger partial charge in [-0.2, -0.15) is 13.2 Å². The molecule has 0 bridgehead atoms. The smallest absolute Gasteiger partial charge is 0.206 e. The van der Waals surface area contributed by atoms with Crippen LogP contribution in [0.2, 0.25) is 0 Å². The molecule has 3 aromatic carbocycles. The van der Waals surface area contributed by atoms with Crippen molar-refractivity contribution in [2.24, 2.45) is 0 Å². The highest BCUT2D eigenvalue weighted by Gasteiger charge is 2.39. The van der Waals surface area contributed by atoms with E-state index >= 15 is 0 Å². The molecule has 0 saturated carbocycles. The van der Waals surface area contributed by atoms with Crippen LogP contribution in [-0.2, 0) is 12.6 Å². The fourth-order valence-corrected chi connectivity index (χ4v) is 2.99. The van der Waals surface area contributed by atoms with Gasteiger partial charge >= 0.3 is 6.18 Å². The minimum Gasteiger partial charge on any atom is -0.206 e. The van der Waals surface area contributed by atoms with Gasteiger partial charge < -0.3 is 0 Å². The van der Waals surface area contributed by atoms with E-state index in [0.717, 1.165) is 24.5 Å². The maximum atomic E-state index is 14.4. The minimum absolute atomic E-state index is 0.263. The lowest BCUT2D eigenvalue weighted by Gasteiger charge is -2.13. The number of alkyl halides is 3. The second-order valence-electron chi connectivity index (χ2n) is 6.05.